The highest BCUT2D eigenvalue weighted by Crippen LogP contribution is 2.25. The van der Waals surface area contributed by atoms with Crippen molar-refractivity contribution in [2.24, 2.45) is 0 Å². The van der Waals surface area contributed by atoms with Crippen LogP contribution < -0.4 is 10.1 Å². The lowest BCUT2D eigenvalue weighted by molar-refractivity contribution is 0.319. The van der Waals surface area contributed by atoms with Crippen LogP contribution in [0, 0.1) is 6.92 Å². The number of hydrogen-bond acceptors (Lipinski definition) is 2. The number of aryl methyl sites for hydroxylation is 1. The third-order valence-electron chi connectivity index (χ3n) is 3.12. The molecule has 3 heteroatoms. The summed E-state index contributed by atoms with van der Waals surface area (Å²) in [6.45, 7) is 5.67. The fraction of sp³-hybridized carbons (Fsp3) is 0.294. The second kappa shape index (κ2) is 7.20. The molecule has 0 atom stereocenters. The van der Waals surface area contributed by atoms with Crippen LogP contribution >= 0.6 is 11.6 Å². The van der Waals surface area contributed by atoms with E-state index in [4.69, 9.17) is 16.3 Å². The minimum absolute atomic E-state index is 0.735. The fourth-order valence-corrected chi connectivity index (χ4v) is 2.23. The molecule has 0 aliphatic heterocycles. The monoisotopic (exact) mass is 289 g/mol. The topological polar surface area (TPSA) is 21.3 Å². The quantitative estimate of drug-likeness (QED) is 0.803. The molecule has 0 aliphatic rings. The Kier molecular flexibility index (Phi) is 5.31. The average Bonchev–Trinajstić information content (AvgIpc) is 2.45. The van der Waals surface area contributed by atoms with Crippen molar-refractivity contribution in [2.45, 2.75) is 26.8 Å². The Bertz CT molecular complexity index is 569. The van der Waals surface area contributed by atoms with Crippen LogP contribution in [0.5, 0.6) is 5.75 Å². The standard InChI is InChI=1S/C17H20ClNO/c1-3-10-20-17-7-5-4-6-16(17)19-12-14-8-9-15(18)11-13(14)2/h4-9,11,19H,3,10,12H2,1-2H3. The molecular weight excluding hydrogens is 270 g/mol. The minimum atomic E-state index is 0.735. The van der Waals surface area contributed by atoms with Crippen LogP contribution in [0.4, 0.5) is 5.69 Å². The van der Waals surface area contributed by atoms with Crippen molar-refractivity contribution in [3.63, 3.8) is 0 Å². The van der Waals surface area contributed by atoms with E-state index in [0.717, 1.165) is 36.0 Å². The van der Waals surface area contributed by atoms with Gasteiger partial charge in [0.15, 0.2) is 0 Å². The van der Waals surface area contributed by atoms with Crippen molar-refractivity contribution in [2.75, 3.05) is 11.9 Å². The van der Waals surface area contributed by atoms with E-state index in [0.29, 0.717) is 0 Å². The smallest absolute Gasteiger partial charge is 0.142 e. The van der Waals surface area contributed by atoms with E-state index in [9.17, 15) is 0 Å². The van der Waals surface area contributed by atoms with Crippen LogP contribution in [0.25, 0.3) is 0 Å². The highest BCUT2D eigenvalue weighted by Gasteiger charge is 2.04. The van der Waals surface area contributed by atoms with Crippen LogP contribution in [-0.2, 0) is 6.54 Å². The van der Waals surface area contributed by atoms with Gasteiger partial charge in [0.05, 0.1) is 12.3 Å². The SMILES string of the molecule is CCCOc1ccccc1NCc1ccc(Cl)cc1C. The first-order valence-electron chi connectivity index (χ1n) is 6.91. The number of rotatable bonds is 6. The second-order valence-corrected chi connectivity index (χ2v) is 5.21. The van der Waals surface area contributed by atoms with Crippen LogP contribution in [0.3, 0.4) is 0 Å². The maximum atomic E-state index is 5.98. The van der Waals surface area contributed by atoms with Crippen LogP contribution in [0.2, 0.25) is 5.02 Å². The maximum Gasteiger partial charge on any atom is 0.142 e. The Morgan fingerprint density at radius 1 is 1.15 bits per heavy atom. The molecule has 0 saturated carbocycles. The van der Waals surface area contributed by atoms with Gasteiger partial charge in [-0.1, -0.05) is 36.7 Å². The summed E-state index contributed by atoms with van der Waals surface area (Å²) in [5, 5.41) is 4.21. The third-order valence-corrected chi connectivity index (χ3v) is 3.36. The van der Waals surface area contributed by atoms with Crippen molar-refractivity contribution in [3.8, 4) is 5.75 Å². The van der Waals surface area contributed by atoms with Crippen molar-refractivity contribution in [1.29, 1.82) is 0 Å². The number of hydrogen-bond donors (Lipinski definition) is 1. The summed E-state index contributed by atoms with van der Waals surface area (Å²) in [5.74, 6) is 0.904. The van der Waals surface area contributed by atoms with Crippen LogP contribution in [0.1, 0.15) is 24.5 Å². The molecule has 106 valence electrons. The molecule has 0 bridgehead atoms. The Morgan fingerprint density at radius 2 is 1.95 bits per heavy atom. The molecule has 0 heterocycles. The Labute approximate surface area is 125 Å². The number of halogens is 1. The number of para-hydroxylation sites is 2. The molecule has 2 aromatic rings. The lowest BCUT2D eigenvalue weighted by Crippen LogP contribution is -2.04. The van der Waals surface area contributed by atoms with Gasteiger partial charge in [0.2, 0.25) is 0 Å². The zero-order valence-corrected chi connectivity index (χ0v) is 12.7. The van der Waals surface area contributed by atoms with Gasteiger partial charge in [0.1, 0.15) is 5.75 Å². The summed E-state index contributed by atoms with van der Waals surface area (Å²) < 4.78 is 5.74. The maximum absolute atomic E-state index is 5.98. The molecular formula is C17H20ClNO. The summed E-state index contributed by atoms with van der Waals surface area (Å²) in [6, 6.07) is 14.0. The molecule has 0 aromatic heterocycles. The summed E-state index contributed by atoms with van der Waals surface area (Å²) >= 11 is 5.98. The highest BCUT2D eigenvalue weighted by molar-refractivity contribution is 6.30. The first-order chi connectivity index (χ1) is 9.70. The van der Waals surface area contributed by atoms with Gasteiger partial charge in [-0.25, -0.2) is 0 Å². The summed E-state index contributed by atoms with van der Waals surface area (Å²) in [5.41, 5.74) is 3.45. The van der Waals surface area contributed by atoms with E-state index in [1.165, 1.54) is 11.1 Å². The van der Waals surface area contributed by atoms with E-state index in [1.54, 1.807) is 0 Å². The predicted molar refractivity (Wildman–Crippen MR) is 85.7 cm³/mol. The minimum Gasteiger partial charge on any atom is -0.491 e. The first-order valence-corrected chi connectivity index (χ1v) is 7.29. The predicted octanol–water partition coefficient (Wildman–Crippen LogP) is 5.05. The van der Waals surface area contributed by atoms with E-state index < -0.39 is 0 Å². The van der Waals surface area contributed by atoms with Crippen molar-refractivity contribution < 1.29 is 4.74 Å². The summed E-state index contributed by atoms with van der Waals surface area (Å²) in [7, 11) is 0. The molecule has 0 amide bonds. The molecule has 2 aromatic carbocycles. The van der Waals surface area contributed by atoms with Gasteiger partial charge in [-0.2, -0.15) is 0 Å². The third kappa shape index (κ3) is 3.91. The fourth-order valence-electron chi connectivity index (χ4n) is 2.00. The molecule has 0 saturated heterocycles. The molecule has 0 aliphatic carbocycles. The van der Waals surface area contributed by atoms with Crippen molar-refractivity contribution >= 4 is 17.3 Å². The van der Waals surface area contributed by atoms with Gasteiger partial charge in [0, 0.05) is 11.6 Å². The van der Waals surface area contributed by atoms with Gasteiger partial charge >= 0.3 is 0 Å². The molecule has 0 radical (unpaired) electrons. The lowest BCUT2D eigenvalue weighted by Gasteiger charge is -2.14. The second-order valence-electron chi connectivity index (χ2n) is 4.77. The van der Waals surface area contributed by atoms with Crippen molar-refractivity contribution in [3.05, 3.63) is 58.6 Å². The Hall–Kier alpha value is -1.67. The number of benzene rings is 2. The zero-order valence-electron chi connectivity index (χ0n) is 11.9. The zero-order chi connectivity index (χ0) is 14.4. The molecule has 2 rings (SSSR count). The van der Waals surface area contributed by atoms with E-state index in [-0.39, 0.29) is 0 Å². The molecule has 0 spiro atoms. The van der Waals surface area contributed by atoms with Gasteiger partial charge in [-0.05, 0) is 48.7 Å². The summed E-state index contributed by atoms with van der Waals surface area (Å²) in [6.07, 6.45) is 1.00. The Morgan fingerprint density at radius 3 is 2.70 bits per heavy atom. The van der Waals surface area contributed by atoms with E-state index >= 15 is 0 Å². The van der Waals surface area contributed by atoms with Gasteiger partial charge in [0.25, 0.3) is 0 Å². The normalized spacial score (nSPS) is 10.3. The van der Waals surface area contributed by atoms with E-state index in [1.807, 2.05) is 36.4 Å². The Balaban J connectivity index is 2.06. The van der Waals surface area contributed by atoms with Gasteiger partial charge < -0.3 is 10.1 Å². The van der Waals surface area contributed by atoms with Gasteiger partial charge in [-0.15, -0.1) is 0 Å². The molecule has 0 unspecified atom stereocenters. The molecule has 0 fully saturated rings. The van der Waals surface area contributed by atoms with Crippen LogP contribution in [0.15, 0.2) is 42.5 Å². The summed E-state index contributed by atoms with van der Waals surface area (Å²) in [4.78, 5) is 0. The number of nitrogens with one attached hydrogen (secondary N) is 1. The lowest BCUT2D eigenvalue weighted by atomic mass is 10.1. The average molecular weight is 290 g/mol. The molecule has 1 N–H and O–H groups in total. The number of anilines is 1. The van der Waals surface area contributed by atoms with Crippen molar-refractivity contribution in [1.82, 2.24) is 0 Å². The largest absolute Gasteiger partial charge is 0.491 e. The highest BCUT2D eigenvalue weighted by atomic mass is 35.5. The van der Waals surface area contributed by atoms with Crippen LogP contribution in [-0.4, -0.2) is 6.61 Å². The first kappa shape index (κ1) is 14.7. The molecule has 20 heavy (non-hydrogen) atoms. The van der Waals surface area contributed by atoms with Gasteiger partial charge in [-0.3, -0.25) is 0 Å². The van der Waals surface area contributed by atoms with E-state index in [2.05, 4.69) is 25.2 Å². The molecule has 2 nitrogen and oxygen atoms in total. The number of ether oxygens (including phenoxy) is 1.